The Kier molecular flexibility index (Phi) is 4.62. The van der Waals surface area contributed by atoms with Gasteiger partial charge >= 0.3 is 0 Å². The van der Waals surface area contributed by atoms with Crippen LogP contribution in [-0.4, -0.2) is 49.1 Å². The van der Waals surface area contributed by atoms with Crippen LogP contribution in [0, 0.1) is 0 Å². The second kappa shape index (κ2) is 6.04. The number of aromatic amines is 1. The van der Waals surface area contributed by atoms with Crippen LogP contribution in [0.3, 0.4) is 0 Å². The highest BCUT2D eigenvalue weighted by atomic mass is 32.2. The number of aliphatic hydroxyl groups is 1. The van der Waals surface area contributed by atoms with Gasteiger partial charge in [0.1, 0.15) is 0 Å². The van der Waals surface area contributed by atoms with Crippen LogP contribution in [0.1, 0.15) is 25.5 Å². The van der Waals surface area contributed by atoms with Gasteiger partial charge in [-0.2, -0.15) is 0 Å². The molecule has 7 heteroatoms. The zero-order valence-electron chi connectivity index (χ0n) is 11.1. The highest BCUT2D eigenvalue weighted by Gasteiger charge is 2.21. The Bertz CT molecular complexity index is 506. The van der Waals surface area contributed by atoms with Gasteiger partial charge in [0, 0.05) is 24.5 Å². The van der Waals surface area contributed by atoms with E-state index in [0.717, 1.165) is 19.6 Å². The standard InChI is InChI=1S/C12H21N3O3S/c1-10(8-15-4-2-3-5-15)14-19(17,18)12-6-11(9-16)13-7-12/h6-7,10,13-14,16H,2-5,8-9H2,1H3. The highest BCUT2D eigenvalue weighted by Crippen LogP contribution is 2.12. The summed E-state index contributed by atoms with van der Waals surface area (Å²) in [5.41, 5.74) is 0.493. The normalized spacial score (nSPS) is 18.8. The third-order valence-corrected chi connectivity index (χ3v) is 4.85. The molecule has 0 aromatic carbocycles. The molecule has 0 bridgehead atoms. The molecule has 1 aliphatic rings. The van der Waals surface area contributed by atoms with Gasteiger partial charge in [0.15, 0.2) is 0 Å². The van der Waals surface area contributed by atoms with Crippen LogP contribution in [-0.2, 0) is 16.6 Å². The van der Waals surface area contributed by atoms with Gasteiger partial charge in [-0.3, -0.25) is 0 Å². The Morgan fingerprint density at radius 2 is 2.16 bits per heavy atom. The number of nitrogens with one attached hydrogen (secondary N) is 2. The van der Waals surface area contributed by atoms with Crippen molar-refractivity contribution in [1.82, 2.24) is 14.6 Å². The summed E-state index contributed by atoms with van der Waals surface area (Å²) in [5.74, 6) is 0. The number of hydrogen-bond acceptors (Lipinski definition) is 4. The van der Waals surface area contributed by atoms with Crippen molar-refractivity contribution in [1.29, 1.82) is 0 Å². The monoisotopic (exact) mass is 287 g/mol. The fourth-order valence-electron chi connectivity index (χ4n) is 2.39. The number of aliphatic hydroxyl groups excluding tert-OH is 1. The van der Waals surface area contributed by atoms with E-state index in [9.17, 15) is 8.42 Å². The van der Waals surface area contributed by atoms with Gasteiger partial charge < -0.3 is 15.0 Å². The molecule has 108 valence electrons. The zero-order chi connectivity index (χ0) is 13.9. The minimum absolute atomic E-state index is 0.129. The lowest BCUT2D eigenvalue weighted by atomic mass is 10.3. The first kappa shape index (κ1) is 14.5. The minimum Gasteiger partial charge on any atom is -0.390 e. The first-order valence-corrected chi connectivity index (χ1v) is 8.02. The molecule has 3 N–H and O–H groups in total. The van der Waals surface area contributed by atoms with Crippen LogP contribution in [0.5, 0.6) is 0 Å². The molecule has 0 amide bonds. The predicted octanol–water partition coefficient (Wildman–Crippen LogP) is 0.270. The van der Waals surface area contributed by atoms with E-state index < -0.39 is 10.0 Å². The highest BCUT2D eigenvalue weighted by molar-refractivity contribution is 7.89. The van der Waals surface area contributed by atoms with Gasteiger partial charge in [0.25, 0.3) is 0 Å². The van der Waals surface area contributed by atoms with Crippen LogP contribution < -0.4 is 4.72 Å². The maximum atomic E-state index is 12.1. The minimum atomic E-state index is -3.51. The summed E-state index contributed by atoms with van der Waals surface area (Å²) >= 11 is 0. The average molecular weight is 287 g/mol. The van der Waals surface area contributed by atoms with Crippen LogP contribution in [0.2, 0.25) is 0 Å². The molecule has 1 saturated heterocycles. The Hall–Kier alpha value is -0.890. The molecule has 2 rings (SSSR count). The van der Waals surface area contributed by atoms with Crippen molar-refractivity contribution in [3.63, 3.8) is 0 Å². The van der Waals surface area contributed by atoms with Crippen LogP contribution in [0.25, 0.3) is 0 Å². The lowest BCUT2D eigenvalue weighted by molar-refractivity contribution is 0.277. The number of nitrogens with zero attached hydrogens (tertiary/aromatic N) is 1. The summed E-state index contributed by atoms with van der Waals surface area (Å²) in [6.07, 6.45) is 3.78. The smallest absolute Gasteiger partial charge is 0.242 e. The fourth-order valence-corrected chi connectivity index (χ4v) is 3.64. The number of hydrogen-bond donors (Lipinski definition) is 3. The maximum absolute atomic E-state index is 12.1. The molecular weight excluding hydrogens is 266 g/mol. The molecule has 19 heavy (non-hydrogen) atoms. The van der Waals surface area contributed by atoms with E-state index in [4.69, 9.17) is 5.11 Å². The molecule has 1 atom stereocenters. The van der Waals surface area contributed by atoms with Crippen molar-refractivity contribution >= 4 is 10.0 Å². The average Bonchev–Trinajstić information content (AvgIpc) is 2.97. The summed E-state index contributed by atoms with van der Waals surface area (Å²) in [6, 6.07) is 1.32. The first-order valence-electron chi connectivity index (χ1n) is 6.54. The Morgan fingerprint density at radius 1 is 1.47 bits per heavy atom. The lowest BCUT2D eigenvalue weighted by Crippen LogP contribution is -2.40. The van der Waals surface area contributed by atoms with Crippen molar-refractivity contribution < 1.29 is 13.5 Å². The largest absolute Gasteiger partial charge is 0.390 e. The van der Waals surface area contributed by atoms with E-state index >= 15 is 0 Å². The molecule has 1 fully saturated rings. The number of H-pyrrole nitrogens is 1. The number of aromatic nitrogens is 1. The number of sulfonamides is 1. The predicted molar refractivity (Wildman–Crippen MR) is 72.2 cm³/mol. The summed E-state index contributed by atoms with van der Waals surface area (Å²) in [4.78, 5) is 5.17. The SMILES string of the molecule is CC(CN1CCCC1)NS(=O)(=O)c1c[nH]c(CO)c1. The maximum Gasteiger partial charge on any atom is 0.242 e. The van der Waals surface area contributed by atoms with Crippen LogP contribution in [0.15, 0.2) is 17.2 Å². The second-order valence-corrected chi connectivity index (χ2v) is 6.76. The van der Waals surface area contributed by atoms with E-state index in [-0.39, 0.29) is 17.5 Å². The Balaban J connectivity index is 1.95. The Morgan fingerprint density at radius 3 is 2.74 bits per heavy atom. The third-order valence-electron chi connectivity index (χ3n) is 3.28. The van der Waals surface area contributed by atoms with Gasteiger partial charge in [0.05, 0.1) is 11.5 Å². The van der Waals surface area contributed by atoms with Gasteiger partial charge in [-0.05, 0) is 38.9 Å². The zero-order valence-corrected chi connectivity index (χ0v) is 11.9. The van der Waals surface area contributed by atoms with E-state index in [2.05, 4.69) is 14.6 Å². The van der Waals surface area contributed by atoms with Crippen LogP contribution >= 0.6 is 0 Å². The summed E-state index contributed by atoms with van der Waals surface area (Å²) in [6.45, 7) is 4.50. The van der Waals surface area contributed by atoms with Gasteiger partial charge in [-0.1, -0.05) is 0 Å². The van der Waals surface area contributed by atoms with E-state index in [0.29, 0.717) is 5.69 Å². The van der Waals surface area contributed by atoms with Crippen molar-refractivity contribution in [2.75, 3.05) is 19.6 Å². The third kappa shape index (κ3) is 3.79. The molecule has 1 aromatic rings. The van der Waals surface area contributed by atoms with Gasteiger partial charge in [0.2, 0.25) is 10.0 Å². The van der Waals surface area contributed by atoms with Crippen LogP contribution in [0.4, 0.5) is 0 Å². The van der Waals surface area contributed by atoms with Crippen molar-refractivity contribution in [3.8, 4) is 0 Å². The molecule has 0 spiro atoms. The molecule has 1 aromatic heterocycles. The molecule has 0 aliphatic carbocycles. The van der Waals surface area contributed by atoms with Crippen molar-refractivity contribution in [3.05, 3.63) is 18.0 Å². The van der Waals surface area contributed by atoms with E-state index in [1.807, 2.05) is 6.92 Å². The van der Waals surface area contributed by atoms with Crippen molar-refractivity contribution in [2.45, 2.75) is 37.3 Å². The molecule has 2 heterocycles. The van der Waals surface area contributed by atoms with E-state index in [1.165, 1.54) is 25.1 Å². The lowest BCUT2D eigenvalue weighted by Gasteiger charge is -2.20. The molecule has 0 saturated carbocycles. The van der Waals surface area contributed by atoms with Gasteiger partial charge in [-0.15, -0.1) is 0 Å². The topological polar surface area (TPSA) is 85.4 Å². The molecule has 6 nitrogen and oxygen atoms in total. The number of rotatable bonds is 6. The summed E-state index contributed by atoms with van der Waals surface area (Å²) in [5, 5.41) is 8.94. The first-order chi connectivity index (χ1) is 9.01. The van der Waals surface area contributed by atoms with Crippen molar-refractivity contribution in [2.24, 2.45) is 0 Å². The fraction of sp³-hybridized carbons (Fsp3) is 0.667. The second-order valence-electron chi connectivity index (χ2n) is 5.05. The summed E-state index contributed by atoms with van der Waals surface area (Å²) < 4.78 is 26.9. The number of likely N-dealkylation sites (tertiary alicyclic amines) is 1. The molecule has 1 aliphatic heterocycles. The molecule has 0 radical (unpaired) electrons. The Labute approximate surface area is 113 Å². The molecule has 1 unspecified atom stereocenters. The molecular formula is C12H21N3O3S. The quantitative estimate of drug-likeness (QED) is 0.701. The summed E-state index contributed by atoms with van der Waals surface area (Å²) in [7, 11) is -3.51. The van der Waals surface area contributed by atoms with E-state index in [1.54, 1.807) is 0 Å². The van der Waals surface area contributed by atoms with Gasteiger partial charge in [-0.25, -0.2) is 13.1 Å².